The third-order valence-corrected chi connectivity index (χ3v) is 4.24. The average molecular weight is 300 g/mol. The van der Waals surface area contributed by atoms with Crippen LogP contribution in [0.2, 0.25) is 0 Å². The van der Waals surface area contributed by atoms with E-state index < -0.39 is 0 Å². The lowest BCUT2D eigenvalue weighted by Gasteiger charge is -2.23. The highest BCUT2D eigenvalue weighted by Crippen LogP contribution is 2.27. The van der Waals surface area contributed by atoms with Crippen LogP contribution in [0.1, 0.15) is 44.0 Å². The number of carbonyl (C=O) groups is 1. The maximum absolute atomic E-state index is 12.7. The van der Waals surface area contributed by atoms with E-state index in [0.717, 1.165) is 42.5 Å². The highest BCUT2D eigenvalue weighted by molar-refractivity contribution is 6.07. The number of amides is 1. The van der Waals surface area contributed by atoms with Crippen LogP contribution < -0.4 is 5.32 Å². The summed E-state index contributed by atoms with van der Waals surface area (Å²) in [5.41, 5.74) is 1.81. The van der Waals surface area contributed by atoms with Crippen molar-refractivity contribution in [2.45, 2.75) is 45.2 Å². The second kappa shape index (κ2) is 5.76. The van der Waals surface area contributed by atoms with Crippen LogP contribution in [0.4, 0.5) is 0 Å². The lowest BCUT2D eigenvalue weighted by atomic mass is 10.1. The molecular weight excluding hydrogens is 276 g/mol. The van der Waals surface area contributed by atoms with Gasteiger partial charge in [-0.25, -0.2) is 0 Å². The van der Waals surface area contributed by atoms with E-state index in [-0.39, 0.29) is 17.5 Å². The number of nitrogens with one attached hydrogen (secondary N) is 1. The van der Waals surface area contributed by atoms with Gasteiger partial charge in [-0.05, 0) is 39.7 Å². The molecule has 0 aliphatic carbocycles. The lowest BCUT2D eigenvalue weighted by Crippen LogP contribution is -2.38. The zero-order valence-corrected chi connectivity index (χ0v) is 13.6. The summed E-state index contributed by atoms with van der Waals surface area (Å²) >= 11 is 0. The van der Waals surface area contributed by atoms with Crippen molar-refractivity contribution in [2.75, 3.05) is 13.2 Å². The molecule has 1 amide bonds. The molecule has 1 N–H and O–H groups in total. The molecule has 2 heterocycles. The van der Waals surface area contributed by atoms with E-state index >= 15 is 0 Å². The molecule has 0 unspecified atom stereocenters. The van der Waals surface area contributed by atoms with Gasteiger partial charge in [0.05, 0.1) is 5.56 Å². The number of para-hydroxylation sites is 1. The molecule has 3 rings (SSSR count). The minimum absolute atomic E-state index is 0.0195. The highest BCUT2D eigenvalue weighted by atomic mass is 16.5. The molecule has 0 saturated carbocycles. The summed E-state index contributed by atoms with van der Waals surface area (Å²) in [6, 6.07) is 8.33. The fourth-order valence-electron chi connectivity index (χ4n) is 3.02. The Bertz CT molecular complexity index is 676. The Hall–Kier alpha value is -1.81. The van der Waals surface area contributed by atoms with E-state index in [1.165, 1.54) is 0 Å². The lowest BCUT2D eigenvalue weighted by molar-refractivity contribution is 0.0697. The van der Waals surface area contributed by atoms with Gasteiger partial charge in [0.2, 0.25) is 0 Å². The van der Waals surface area contributed by atoms with Gasteiger partial charge in [-0.3, -0.25) is 4.79 Å². The van der Waals surface area contributed by atoms with Gasteiger partial charge in [0, 0.05) is 41.9 Å². The van der Waals surface area contributed by atoms with Crippen LogP contribution in [0.5, 0.6) is 0 Å². The summed E-state index contributed by atoms with van der Waals surface area (Å²) in [6.07, 6.45) is 3.77. The van der Waals surface area contributed by atoms with E-state index in [1.807, 2.05) is 24.4 Å². The van der Waals surface area contributed by atoms with E-state index in [2.05, 4.69) is 36.7 Å². The highest BCUT2D eigenvalue weighted by Gasteiger charge is 2.23. The normalized spacial score (nSPS) is 16.9. The monoisotopic (exact) mass is 300 g/mol. The molecule has 118 valence electrons. The van der Waals surface area contributed by atoms with Gasteiger partial charge < -0.3 is 14.6 Å². The topological polar surface area (TPSA) is 43.3 Å². The molecular formula is C18H24N2O2. The van der Waals surface area contributed by atoms with Gasteiger partial charge in [0.1, 0.15) is 0 Å². The number of hydrogen-bond acceptors (Lipinski definition) is 2. The first-order valence-corrected chi connectivity index (χ1v) is 7.96. The molecule has 1 aromatic heterocycles. The molecule has 1 aliphatic rings. The molecule has 2 aromatic rings. The van der Waals surface area contributed by atoms with Crippen LogP contribution in [0.25, 0.3) is 10.9 Å². The Morgan fingerprint density at radius 3 is 2.59 bits per heavy atom. The molecule has 0 spiro atoms. The summed E-state index contributed by atoms with van der Waals surface area (Å²) in [5, 5.41) is 4.18. The standard InChI is InChI=1S/C18H24N2O2/c1-18(2,3)20-12-15(14-6-4-5-7-16(14)20)17(21)19-13-8-10-22-11-9-13/h4-7,12-13H,8-11H2,1-3H3,(H,19,21). The molecule has 1 aromatic carbocycles. The van der Waals surface area contributed by atoms with Crippen LogP contribution in [-0.2, 0) is 10.3 Å². The van der Waals surface area contributed by atoms with Crippen LogP contribution in [-0.4, -0.2) is 29.7 Å². The van der Waals surface area contributed by atoms with E-state index in [4.69, 9.17) is 4.74 Å². The van der Waals surface area contributed by atoms with E-state index in [9.17, 15) is 4.79 Å². The van der Waals surface area contributed by atoms with Crippen molar-refractivity contribution in [2.24, 2.45) is 0 Å². The Morgan fingerprint density at radius 1 is 1.23 bits per heavy atom. The van der Waals surface area contributed by atoms with Crippen molar-refractivity contribution >= 4 is 16.8 Å². The summed E-state index contributed by atoms with van der Waals surface area (Å²) < 4.78 is 7.53. The third-order valence-electron chi connectivity index (χ3n) is 4.24. The molecule has 22 heavy (non-hydrogen) atoms. The van der Waals surface area contributed by atoms with Crippen molar-refractivity contribution in [1.82, 2.24) is 9.88 Å². The molecule has 0 bridgehead atoms. The summed E-state index contributed by atoms with van der Waals surface area (Å²) in [4.78, 5) is 12.7. The first-order valence-electron chi connectivity index (χ1n) is 7.96. The van der Waals surface area contributed by atoms with E-state index in [1.54, 1.807) is 0 Å². The van der Waals surface area contributed by atoms with Crippen molar-refractivity contribution in [3.63, 3.8) is 0 Å². The molecule has 1 aliphatic heterocycles. The second-order valence-electron chi connectivity index (χ2n) is 6.96. The fraction of sp³-hybridized carbons (Fsp3) is 0.500. The second-order valence-corrected chi connectivity index (χ2v) is 6.96. The Labute approximate surface area is 131 Å². The van der Waals surface area contributed by atoms with Gasteiger partial charge in [-0.2, -0.15) is 0 Å². The van der Waals surface area contributed by atoms with Gasteiger partial charge in [0.25, 0.3) is 5.91 Å². The number of ether oxygens (including phenoxy) is 1. The first-order chi connectivity index (χ1) is 10.5. The number of carbonyl (C=O) groups excluding carboxylic acids is 1. The van der Waals surface area contributed by atoms with Gasteiger partial charge in [-0.1, -0.05) is 18.2 Å². The smallest absolute Gasteiger partial charge is 0.253 e. The minimum atomic E-state index is -0.0587. The number of nitrogens with zero attached hydrogens (tertiary/aromatic N) is 1. The Kier molecular flexibility index (Phi) is 3.96. The summed E-state index contributed by atoms with van der Waals surface area (Å²) in [5.74, 6) is 0.0195. The molecule has 4 heteroatoms. The third kappa shape index (κ3) is 2.88. The van der Waals surface area contributed by atoms with Crippen molar-refractivity contribution in [1.29, 1.82) is 0 Å². The van der Waals surface area contributed by atoms with Gasteiger partial charge in [-0.15, -0.1) is 0 Å². The summed E-state index contributed by atoms with van der Waals surface area (Å²) in [6.45, 7) is 7.92. The predicted molar refractivity (Wildman–Crippen MR) is 88.2 cm³/mol. The number of benzene rings is 1. The minimum Gasteiger partial charge on any atom is -0.381 e. The number of fused-ring (bicyclic) bond motifs is 1. The largest absolute Gasteiger partial charge is 0.381 e. The maximum atomic E-state index is 12.7. The maximum Gasteiger partial charge on any atom is 0.253 e. The van der Waals surface area contributed by atoms with Crippen molar-refractivity contribution < 1.29 is 9.53 Å². The quantitative estimate of drug-likeness (QED) is 0.924. The number of aromatic nitrogens is 1. The van der Waals surface area contributed by atoms with Gasteiger partial charge in [0.15, 0.2) is 0 Å². The molecule has 0 radical (unpaired) electrons. The fourth-order valence-corrected chi connectivity index (χ4v) is 3.02. The summed E-state index contributed by atoms with van der Waals surface area (Å²) in [7, 11) is 0. The number of rotatable bonds is 2. The zero-order valence-electron chi connectivity index (χ0n) is 13.6. The molecule has 1 fully saturated rings. The molecule has 0 atom stereocenters. The van der Waals surface area contributed by atoms with Crippen LogP contribution >= 0.6 is 0 Å². The van der Waals surface area contributed by atoms with Crippen LogP contribution in [0.3, 0.4) is 0 Å². The first kappa shape index (κ1) is 15.1. The van der Waals surface area contributed by atoms with Crippen molar-refractivity contribution in [3.05, 3.63) is 36.0 Å². The van der Waals surface area contributed by atoms with Crippen LogP contribution in [0.15, 0.2) is 30.5 Å². The van der Waals surface area contributed by atoms with Gasteiger partial charge >= 0.3 is 0 Å². The Morgan fingerprint density at radius 2 is 1.91 bits per heavy atom. The van der Waals surface area contributed by atoms with E-state index in [0.29, 0.717) is 0 Å². The average Bonchev–Trinajstić information content (AvgIpc) is 2.88. The van der Waals surface area contributed by atoms with Crippen LogP contribution in [0, 0.1) is 0 Å². The zero-order chi connectivity index (χ0) is 15.7. The molecule has 4 nitrogen and oxygen atoms in total. The van der Waals surface area contributed by atoms with Crippen molar-refractivity contribution in [3.8, 4) is 0 Å². The number of hydrogen-bond donors (Lipinski definition) is 1. The predicted octanol–water partition coefficient (Wildman–Crippen LogP) is 3.31. The molecule has 1 saturated heterocycles. The Balaban J connectivity index is 1.94. The SMILES string of the molecule is CC(C)(C)n1cc(C(=O)NC2CCOCC2)c2ccccc21.